The highest BCUT2D eigenvalue weighted by atomic mass is 15.3. The van der Waals surface area contributed by atoms with E-state index in [-0.39, 0.29) is 0 Å². The van der Waals surface area contributed by atoms with Crippen molar-refractivity contribution in [2.24, 2.45) is 0 Å². The molecular weight excluding hydrogens is 258 g/mol. The molecule has 0 aliphatic rings. The van der Waals surface area contributed by atoms with Crippen molar-refractivity contribution in [1.82, 2.24) is 15.1 Å². The second kappa shape index (κ2) is 7.99. The van der Waals surface area contributed by atoms with Crippen LogP contribution in [-0.4, -0.2) is 16.3 Å². The van der Waals surface area contributed by atoms with Gasteiger partial charge >= 0.3 is 0 Å². The molecule has 21 heavy (non-hydrogen) atoms. The zero-order valence-corrected chi connectivity index (χ0v) is 13.4. The van der Waals surface area contributed by atoms with Crippen LogP contribution in [0.3, 0.4) is 0 Å². The van der Waals surface area contributed by atoms with Gasteiger partial charge in [-0.25, -0.2) is 0 Å². The topological polar surface area (TPSA) is 29.9 Å². The molecule has 0 amide bonds. The Kier molecular flexibility index (Phi) is 6.00. The summed E-state index contributed by atoms with van der Waals surface area (Å²) in [4.78, 5) is 0. The number of nitrogens with one attached hydrogen (secondary N) is 1. The van der Waals surface area contributed by atoms with Crippen molar-refractivity contribution in [3.05, 3.63) is 53.9 Å². The van der Waals surface area contributed by atoms with Gasteiger partial charge in [-0.1, -0.05) is 51.1 Å². The number of benzene rings is 1. The molecule has 1 aromatic carbocycles. The monoisotopic (exact) mass is 285 g/mol. The van der Waals surface area contributed by atoms with Gasteiger partial charge in [0, 0.05) is 18.7 Å². The normalized spacial score (nSPS) is 12.8. The van der Waals surface area contributed by atoms with Gasteiger partial charge in [-0.3, -0.25) is 4.68 Å². The third-order valence-electron chi connectivity index (χ3n) is 4.05. The van der Waals surface area contributed by atoms with Gasteiger partial charge < -0.3 is 5.32 Å². The Hall–Kier alpha value is -1.61. The minimum atomic E-state index is 0.334. The fourth-order valence-electron chi connectivity index (χ4n) is 2.80. The van der Waals surface area contributed by atoms with E-state index in [1.54, 1.807) is 0 Å². The molecule has 0 fully saturated rings. The summed E-state index contributed by atoms with van der Waals surface area (Å²) in [7, 11) is 0. The first kappa shape index (κ1) is 15.8. The Bertz CT molecular complexity index is 514. The molecule has 1 heterocycles. The lowest BCUT2D eigenvalue weighted by atomic mass is 10.0. The molecule has 1 atom stereocenters. The first-order chi connectivity index (χ1) is 10.3. The molecule has 0 aliphatic heterocycles. The standard InChI is InChI=1S/C18H27N3/c1-4-17(5-2)21-13-12-16(20-21)14-18(19-6-3)15-10-8-7-9-11-15/h7-13,17-19H,4-6,14H2,1-3H3. The third-order valence-corrected chi connectivity index (χ3v) is 4.05. The minimum absolute atomic E-state index is 0.334. The van der Waals surface area contributed by atoms with Gasteiger partial charge in [0.25, 0.3) is 0 Å². The van der Waals surface area contributed by atoms with Crippen LogP contribution in [0, 0.1) is 0 Å². The maximum Gasteiger partial charge on any atom is 0.0643 e. The largest absolute Gasteiger partial charge is 0.310 e. The van der Waals surface area contributed by atoms with Gasteiger partial charge in [-0.15, -0.1) is 0 Å². The lowest BCUT2D eigenvalue weighted by molar-refractivity contribution is 0.422. The fourth-order valence-corrected chi connectivity index (χ4v) is 2.80. The van der Waals surface area contributed by atoms with Crippen molar-refractivity contribution >= 4 is 0 Å². The quantitative estimate of drug-likeness (QED) is 0.790. The Morgan fingerprint density at radius 3 is 2.38 bits per heavy atom. The summed E-state index contributed by atoms with van der Waals surface area (Å²) < 4.78 is 2.13. The van der Waals surface area contributed by atoms with E-state index < -0.39 is 0 Å². The van der Waals surface area contributed by atoms with Crippen LogP contribution in [-0.2, 0) is 6.42 Å². The average molecular weight is 285 g/mol. The molecule has 1 N–H and O–H groups in total. The molecule has 0 radical (unpaired) electrons. The van der Waals surface area contributed by atoms with Gasteiger partial charge in [-0.05, 0) is 31.0 Å². The number of aromatic nitrogens is 2. The van der Waals surface area contributed by atoms with Crippen LogP contribution < -0.4 is 5.32 Å². The number of hydrogen-bond donors (Lipinski definition) is 1. The lowest BCUT2D eigenvalue weighted by Crippen LogP contribution is -2.23. The van der Waals surface area contributed by atoms with Gasteiger partial charge in [0.05, 0.1) is 11.7 Å². The van der Waals surface area contributed by atoms with E-state index in [1.165, 1.54) is 5.56 Å². The third kappa shape index (κ3) is 4.18. The predicted molar refractivity (Wildman–Crippen MR) is 88.4 cm³/mol. The summed E-state index contributed by atoms with van der Waals surface area (Å²) in [6.45, 7) is 7.56. The molecule has 0 bridgehead atoms. The molecular formula is C18H27N3. The molecule has 114 valence electrons. The molecule has 0 aliphatic carbocycles. The van der Waals surface area contributed by atoms with Crippen LogP contribution >= 0.6 is 0 Å². The van der Waals surface area contributed by atoms with Crippen LogP contribution in [0.2, 0.25) is 0 Å². The van der Waals surface area contributed by atoms with Crippen molar-refractivity contribution in [3.63, 3.8) is 0 Å². The van der Waals surface area contributed by atoms with E-state index >= 15 is 0 Å². The molecule has 3 nitrogen and oxygen atoms in total. The fraction of sp³-hybridized carbons (Fsp3) is 0.500. The van der Waals surface area contributed by atoms with E-state index in [2.05, 4.69) is 73.4 Å². The Morgan fingerprint density at radius 1 is 1.05 bits per heavy atom. The highest BCUT2D eigenvalue weighted by molar-refractivity contribution is 5.21. The molecule has 0 saturated heterocycles. The van der Waals surface area contributed by atoms with E-state index in [1.807, 2.05) is 0 Å². The zero-order chi connectivity index (χ0) is 15.1. The zero-order valence-electron chi connectivity index (χ0n) is 13.4. The van der Waals surface area contributed by atoms with Gasteiger partial charge in [0.1, 0.15) is 0 Å². The number of nitrogens with zero attached hydrogens (tertiary/aromatic N) is 2. The van der Waals surface area contributed by atoms with E-state index in [4.69, 9.17) is 5.10 Å². The first-order valence-corrected chi connectivity index (χ1v) is 8.10. The summed E-state index contributed by atoms with van der Waals surface area (Å²) >= 11 is 0. The maximum absolute atomic E-state index is 4.78. The molecule has 0 saturated carbocycles. The summed E-state index contributed by atoms with van der Waals surface area (Å²) in [5, 5.41) is 8.34. The lowest BCUT2D eigenvalue weighted by Gasteiger charge is -2.17. The van der Waals surface area contributed by atoms with Crippen molar-refractivity contribution in [3.8, 4) is 0 Å². The van der Waals surface area contributed by atoms with Gasteiger partial charge in [0.2, 0.25) is 0 Å². The van der Waals surface area contributed by atoms with Crippen LogP contribution in [0.5, 0.6) is 0 Å². The van der Waals surface area contributed by atoms with Crippen LogP contribution in [0.15, 0.2) is 42.6 Å². The minimum Gasteiger partial charge on any atom is -0.310 e. The summed E-state index contributed by atoms with van der Waals surface area (Å²) in [5.41, 5.74) is 2.49. The smallest absolute Gasteiger partial charge is 0.0643 e. The number of rotatable bonds is 8. The van der Waals surface area contributed by atoms with Crippen molar-refractivity contribution in [2.45, 2.75) is 52.1 Å². The second-order valence-corrected chi connectivity index (χ2v) is 5.48. The molecule has 0 spiro atoms. The molecule has 2 rings (SSSR count). The Balaban J connectivity index is 2.11. The van der Waals surface area contributed by atoms with Crippen LogP contribution in [0.4, 0.5) is 0 Å². The van der Waals surface area contributed by atoms with Crippen molar-refractivity contribution in [2.75, 3.05) is 6.54 Å². The maximum atomic E-state index is 4.78. The van der Waals surface area contributed by atoms with Crippen molar-refractivity contribution in [1.29, 1.82) is 0 Å². The van der Waals surface area contributed by atoms with Gasteiger partial charge in [-0.2, -0.15) is 5.10 Å². The highest BCUT2D eigenvalue weighted by Gasteiger charge is 2.14. The molecule has 1 unspecified atom stereocenters. The molecule has 1 aromatic heterocycles. The SMILES string of the molecule is CCNC(Cc1ccn(C(CC)CC)n1)c1ccccc1. The predicted octanol–water partition coefficient (Wildman–Crippen LogP) is 4.14. The molecule has 3 heteroatoms. The van der Waals surface area contributed by atoms with Gasteiger partial charge in [0.15, 0.2) is 0 Å². The van der Waals surface area contributed by atoms with E-state index in [0.717, 1.165) is 31.5 Å². The van der Waals surface area contributed by atoms with E-state index in [9.17, 15) is 0 Å². The summed E-state index contributed by atoms with van der Waals surface area (Å²) in [5.74, 6) is 0. The van der Waals surface area contributed by atoms with E-state index in [0.29, 0.717) is 12.1 Å². The number of likely N-dealkylation sites (N-methyl/N-ethyl adjacent to an activating group) is 1. The molecule has 2 aromatic rings. The van der Waals surface area contributed by atoms with Crippen LogP contribution in [0.1, 0.15) is 57.0 Å². The average Bonchev–Trinajstić information content (AvgIpc) is 2.97. The number of hydrogen-bond acceptors (Lipinski definition) is 2. The second-order valence-electron chi connectivity index (χ2n) is 5.48. The first-order valence-electron chi connectivity index (χ1n) is 8.10. The van der Waals surface area contributed by atoms with Crippen LogP contribution in [0.25, 0.3) is 0 Å². The Labute approximate surface area is 128 Å². The summed E-state index contributed by atoms with van der Waals surface area (Å²) in [6.07, 6.45) is 5.33. The van der Waals surface area contributed by atoms with Crippen molar-refractivity contribution < 1.29 is 0 Å². The Morgan fingerprint density at radius 2 is 1.76 bits per heavy atom. The highest BCUT2D eigenvalue weighted by Crippen LogP contribution is 2.19. The summed E-state index contributed by atoms with van der Waals surface area (Å²) in [6, 6.07) is 13.6.